The van der Waals surface area contributed by atoms with Gasteiger partial charge in [0.15, 0.2) is 0 Å². The molecule has 2 aromatic rings. The molecule has 0 atom stereocenters. The minimum Gasteiger partial charge on any atom is -0.466 e. The zero-order valence-electron chi connectivity index (χ0n) is 11.7. The van der Waals surface area contributed by atoms with E-state index in [4.69, 9.17) is 4.74 Å². The molecule has 0 fully saturated rings. The summed E-state index contributed by atoms with van der Waals surface area (Å²) < 4.78 is 18.3. The summed E-state index contributed by atoms with van der Waals surface area (Å²) in [5.41, 5.74) is 0.873. The highest BCUT2D eigenvalue weighted by molar-refractivity contribution is 5.98. The molecule has 0 spiro atoms. The zero-order chi connectivity index (χ0) is 15.2. The molecule has 0 aliphatic rings. The van der Waals surface area contributed by atoms with Crippen LogP contribution in [-0.2, 0) is 9.53 Å². The third-order valence-electron chi connectivity index (χ3n) is 3.00. The van der Waals surface area contributed by atoms with E-state index in [0.717, 1.165) is 0 Å². The SMILES string of the molecule is CCOC(=O)CCCNC(=O)c1cc2c(F)cccc2[nH]1. The molecule has 2 rings (SSSR count). The molecule has 1 aromatic carbocycles. The van der Waals surface area contributed by atoms with Gasteiger partial charge in [-0.05, 0) is 31.5 Å². The number of carbonyl (C=O) groups excluding carboxylic acids is 2. The highest BCUT2D eigenvalue weighted by atomic mass is 19.1. The molecule has 6 heteroatoms. The Balaban J connectivity index is 1.88. The fraction of sp³-hybridized carbons (Fsp3) is 0.333. The number of hydrogen-bond acceptors (Lipinski definition) is 3. The number of halogens is 1. The molecule has 0 saturated heterocycles. The van der Waals surface area contributed by atoms with Gasteiger partial charge in [0.05, 0.1) is 6.61 Å². The minimum absolute atomic E-state index is 0.259. The van der Waals surface area contributed by atoms with Crippen molar-refractivity contribution in [3.05, 3.63) is 35.8 Å². The average Bonchev–Trinajstić information content (AvgIpc) is 2.89. The van der Waals surface area contributed by atoms with Gasteiger partial charge in [-0.1, -0.05) is 6.07 Å². The summed E-state index contributed by atoms with van der Waals surface area (Å²) in [7, 11) is 0. The molecule has 0 saturated carbocycles. The number of hydrogen-bond donors (Lipinski definition) is 2. The average molecular weight is 292 g/mol. The van der Waals surface area contributed by atoms with Crippen molar-refractivity contribution in [3.63, 3.8) is 0 Å². The second-order valence-electron chi connectivity index (χ2n) is 4.55. The Morgan fingerprint density at radius 2 is 2.19 bits per heavy atom. The van der Waals surface area contributed by atoms with Gasteiger partial charge in [-0.2, -0.15) is 0 Å². The lowest BCUT2D eigenvalue weighted by Crippen LogP contribution is -2.25. The van der Waals surface area contributed by atoms with Crippen molar-refractivity contribution in [1.29, 1.82) is 0 Å². The number of nitrogens with one attached hydrogen (secondary N) is 2. The highest BCUT2D eigenvalue weighted by Crippen LogP contribution is 2.18. The van der Waals surface area contributed by atoms with Crippen LogP contribution < -0.4 is 5.32 Å². The molecular weight excluding hydrogens is 275 g/mol. The van der Waals surface area contributed by atoms with Crippen LogP contribution in [0.5, 0.6) is 0 Å². The van der Waals surface area contributed by atoms with Crippen LogP contribution in [0.3, 0.4) is 0 Å². The van der Waals surface area contributed by atoms with Crippen LogP contribution >= 0.6 is 0 Å². The van der Waals surface area contributed by atoms with Gasteiger partial charge in [0.25, 0.3) is 5.91 Å². The van der Waals surface area contributed by atoms with E-state index >= 15 is 0 Å². The summed E-state index contributed by atoms with van der Waals surface area (Å²) in [6, 6.07) is 6.10. The predicted octanol–water partition coefficient (Wildman–Crippen LogP) is 2.38. The van der Waals surface area contributed by atoms with Crippen molar-refractivity contribution >= 4 is 22.8 Å². The highest BCUT2D eigenvalue weighted by Gasteiger charge is 2.11. The van der Waals surface area contributed by atoms with Crippen molar-refractivity contribution in [2.24, 2.45) is 0 Å². The van der Waals surface area contributed by atoms with E-state index in [2.05, 4.69) is 10.3 Å². The summed E-state index contributed by atoms with van der Waals surface area (Å²) in [4.78, 5) is 25.9. The van der Waals surface area contributed by atoms with Gasteiger partial charge < -0.3 is 15.0 Å². The van der Waals surface area contributed by atoms with E-state index in [-0.39, 0.29) is 24.1 Å². The maximum absolute atomic E-state index is 13.5. The van der Waals surface area contributed by atoms with E-state index in [0.29, 0.717) is 36.2 Å². The van der Waals surface area contributed by atoms with Crippen LogP contribution in [0.2, 0.25) is 0 Å². The van der Waals surface area contributed by atoms with Crippen molar-refractivity contribution in [1.82, 2.24) is 10.3 Å². The van der Waals surface area contributed by atoms with E-state index < -0.39 is 0 Å². The molecule has 0 unspecified atom stereocenters. The number of esters is 1. The topological polar surface area (TPSA) is 71.2 Å². The first kappa shape index (κ1) is 15.0. The van der Waals surface area contributed by atoms with Crippen molar-refractivity contribution in [3.8, 4) is 0 Å². The number of aromatic nitrogens is 1. The normalized spacial score (nSPS) is 10.6. The maximum atomic E-state index is 13.5. The third-order valence-corrected chi connectivity index (χ3v) is 3.00. The lowest BCUT2D eigenvalue weighted by molar-refractivity contribution is -0.143. The summed E-state index contributed by atoms with van der Waals surface area (Å²) in [5, 5.41) is 3.06. The van der Waals surface area contributed by atoms with Gasteiger partial charge in [0.1, 0.15) is 11.5 Å². The Kier molecular flexibility index (Phi) is 4.92. The Morgan fingerprint density at radius 3 is 2.90 bits per heavy atom. The van der Waals surface area contributed by atoms with Gasteiger partial charge in [0.2, 0.25) is 0 Å². The second kappa shape index (κ2) is 6.88. The number of carbonyl (C=O) groups is 2. The number of fused-ring (bicyclic) bond motifs is 1. The van der Waals surface area contributed by atoms with Crippen LogP contribution in [0, 0.1) is 5.82 Å². The fourth-order valence-electron chi connectivity index (χ4n) is 2.00. The molecule has 1 aromatic heterocycles. The van der Waals surface area contributed by atoms with Crippen LogP contribution in [0.1, 0.15) is 30.3 Å². The Labute approximate surface area is 121 Å². The van der Waals surface area contributed by atoms with Crippen LogP contribution in [0.15, 0.2) is 24.3 Å². The molecule has 1 amide bonds. The Hall–Kier alpha value is -2.37. The molecule has 0 radical (unpaired) electrons. The van der Waals surface area contributed by atoms with E-state index in [1.54, 1.807) is 19.1 Å². The molecule has 0 aliphatic carbocycles. The van der Waals surface area contributed by atoms with Crippen molar-refractivity contribution < 1.29 is 18.7 Å². The molecular formula is C15H17FN2O3. The van der Waals surface area contributed by atoms with E-state index in [9.17, 15) is 14.0 Å². The Bertz CT molecular complexity index is 651. The van der Waals surface area contributed by atoms with Crippen LogP contribution in [0.25, 0.3) is 10.9 Å². The van der Waals surface area contributed by atoms with Gasteiger partial charge in [-0.3, -0.25) is 9.59 Å². The Morgan fingerprint density at radius 1 is 1.38 bits per heavy atom. The van der Waals surface area contributed by atoms with E-state index in [1.807, 2.05) is 0 Å². The first-order chi connectivity index (χ1) is 10.1. The number of H-pyrrole nitrogens is 1. The summed E-state index contributed by atoms with van der Waals surface area (Å²) in [5.74, 6) is -0.973. The van der Waals surface area contributed by atoms with Gasteiger partial charge >= 0.3 is 5.97 Å². The van der Waals surface area contributed by atoms with Crippen molar-refractivity contribution in [2.75, 3.05) is 13.2 Å². The van der Waals surface area contributed by atoms with Crippen molar-refractivity contribution in [2.45, 2.75) is 19.8 Å². The standard InChI is InChI=1S/C15H17FN2O3/c1-2-21-14(19)7-4-8-17-15(20)13-9-10-11(16)5-3-6-12(10)18-13/h3,5-6,9,18H,2,4,7-8H2,1H3,(H,17,20). The molecule has 112 valence electrons. The molecule has 21 heavy (non-hydrogen) atoms. The number of benzene rings is 1. The first-order valence-corrected chi connectivity index (χ1v) is 6.83. The molecule has 0 aliphatic heterocycles. The lowest BCUT2D eigenvalue weighted by atomic mass is 10.2. The van der Waals surface area contributed by atoms with Crippen LogP contribution in [0.4, 0.5) is 4.39 Å². The van der Waals surface area contributed by atoms with E-state index in [1.165, 1.54) is 12.1 Å². The molecule has 0 bridgehead atoms. The quantitative estimate of drug-likeness (QED) is 0.634. The lowest BCUT2D eigenvalue weighted by Gasteiger charge is -2.03. The second-order valence-corrected chi connectivity index (χ2v) is 4.55. The summed E-state index contributed by atoms with van der Waals surface area (Å²) in [6.07, 6.45) is 0.759. The summed E-state index contributed by atoms with van der Waals surface area (Å²) in [6.45, 7) is 2.45. The zero-order valence-corrected chi connectivity index (χ0v) is 11.7. The number of aromatic amines is 1. The van der Waals surface area contributed by atoms with Gasteiger partial charge in [0, 0.05) is 23.9 Å². The summed E-state index contributed by atoms with van der Waals surface area (Å²) >= 11 is 0. The smallest absolute Gasteiger partial charge is 0.305 e. The molecule has 2 N–H and O–H groups in total. The fourth-order valence-corrected chi connectivity index (χ4v) is 2.00. The predicted molar refractivity (Wildman–Crippen MR) is 76.5 cm³/mol. The van der Waals surface area contributed by atoms with Crippen LogP contribution in [-0.4, -0.2) is 30.0 Å². The molecule has 1 heterocycles. The first-order valence-electron chi connectivity index (χ1n) is 6.83. The molecule has 5 nitrogen and oxygen atoms in total. The largest absolute Gasteiger partial charge is 0.466 e. The number of ether oxygens (including phenoxy) is 1. The third kappa shape index (κ3) is 3.81. The number of rotatable bonds is 6. The minimum atomic E-state index is -0.370. The maximum Gasteiger partial charge on any atom is 0.305 e. The monoisotopic (exact) mass is 292 g/mol. The van der Waals surface area contributed by atoms with Gasteiger partial charge in [-0.15, -0.1) is 0 Å². The number of amides is 1. The van der Waals surface area contributed by atoms with Gasteiger partial charge in [-0.25, -0.2) is 4.39 Å².